The van der Waals surface area contributed by atoms with Crippen LogP contribution in [-0.4, -0.2) is 35.4 Å². The Labute approximate surface area is 200 Å². The molecule has 2 amide bonds. The van der Waals surface area contributed by atoms with Crippen molar-refractivity contribution in [1.29, 1.82) is 0 Å². The fourth-order valence-corrected chi connectivity index (χ4v) is 3.87. The summed E-state index contributed by atoms with van der Waals surface area (Å²) in [6.07, 6.45) is 1.35. The number of amides is 2. The molecule has 6 heteroatoms. The van der Waals surface area contributed by atoms with E-state index >= 15 is 0 Å². The number of nitrogens with zero attached hydrogens (tertiary/aromatic N) is 1. The Bertz CT molecular complexity index is 886. The molecular formula is C26H35BrN2O3. The summed E-state index contributed by atoms with van der Waals surface area (Å²) in [5.74, 6) is 0.658. The first kappa shape index (κ1) is 25.9. The Morgan fingerprint density at radius 1 is 1.03 bits per heavy atom. The van der Waals surface area contributed by atoms with Gasteiger partial charge in [0.1, 0.15) is 11.8 Å². The summed E-state index contributed by atoms with van der Waals surface area (Å²) in [6, 6.07) is 15.1. The molecule has 0 aromatic heterocycles. The van der Waals surface area contributed by atoms with E-state index in [0.29, 0.717) is 24.6 Å². The van der Waals surface area contributed by atoms with Crippen molar-refractivity contribution in [3.63, 3.8) is 0 Å². The molecule has 0 fully saturated rings. The number of carbonyl (C=O) groups is 2. The van der Waals surface area contributed by atoms with E-state index < -0.39 is 6.04 Å². The molecule has 0 aliphatic rings. The number of hydrogen-bond donors (Lipinski definition) is 1. The molecule has 0 saturated heterocycles. The number of ether oxygens (including phenoxy) is 1. The monoisotopic (exact) mass is 502 g/mol. The highest BCUT2D eigenvalue weighted by molar-refractivity contribution is 9.10. The van der Waals surface area contributed by atoms with Gasteiger partial charge in [0, 0.05) is 12.6 Å². The number of hydrogen-bond acceptors (Lipinski definition) is 3. The van der Waals surface area contributed by atoms with Crippen LogP contribution in [0.5, 0.6) is 5.75 Å². The van der Waals surface area contributed by atoms with Crippen LogP contribution in [0.2, 0.25) is 0 Å². The van der Waals surface area contributed by atoms with Crippen molar-refractivity contribution in [2.75, 3.05) is 6.61 Å². The maximum Gasteiger partial charge on any atom is 0.261 e. The summed E-state index contributed by atoms with van der Waals surface area (Å²) in [4.78, 5) is 27.9. The van der Waals surface area contributed by atoms with Gasteiger partial charge in [-0.05, 0) is 64.9 Å². The fraction of sp³-hybridized carbons (Fsp3) is 0.462. The molecule has 1 N–H and O–H groups in total. The second-order valence-corrected chi connectivity index (χ2v) is 9.24. The van der Waals surface area contributed by atoms with Crippen molar-refractivity contribution in [1.82, 2.24) is 10.2 Å². The Morgan fingerprint density at radius 3 is 2.28 bits per heavy atom. The van der Waals surface area contributed by atoms with Crippen LogP contribution in [0.25, 0.3) is 0 Å². The molecule has 5 nitrogen and oxygen atoms in total. The molecule has 0 unspecified atom stereocenters. The van der Waals surface area contributed by atoms with Crippen molar-refractivity contribution in [2.24, 2.45) is 0 Å². The Kier molecular flexibility index (Phi) is 10.2. The van der Waals surface area contributed by atoms with Gasteiger partial charge in [-0.25, -0.2) is 0 Å². The number of benzene rings is 2. The fourth-order valence-electron chi connectivity index (χ4n) is 3.36. The first-order chi connectivity index (χ1) is 15.3. The lowest BCUT2D eigenvalue weighted by Crippen LogP contribution is -2.51. The summed E-state index contributed by atoms with van der Waals surface area (Å²) in [5, 5.41) is 3.02. The first-order valence-electron chi connectivity index (χ1n) is 11.3. The van der Waals surface area contributed by atoms with Crippen LogP contribution in [0.15, 0.2) is 53.0 Å². The molecule has 174 valence electrons. The minimum absolute atomic E-state index is 0.0527. The summed E-state index contributed by atoms with van der Waals surface area (Å²) < 4.78 is 6.67. The Balaban J connectivity index is 2.20. The van der Waals surface area contributed by atoms with Gasteiger partial charge in [-0.1, -0.05) is 64.1 Å². The molecule has 2 rings (SSSR count). The highest BCUT2D eigenvalue weighted by Gasteiger charge is 2.29. The van der Waals surface area contributed by atoms with Crippen molar-refractivity contribution in [3.8, 4) is 5.75 Å². The summed E-state index contributed by atoms with van der Waals surface area (Å²) >= 11 is 3.54. The number of rotatable bonds is 11. The van der Waals surface area contributed by atoms with E-state index in [1.807, 2.05) is 69.3 Å². The molecule has 0 radical (unpaired) electrons. The zero-order chi connectivity index (χ0) is 23.7. The Hall–Kier alpha value is -2.34. The smallest absolute Gasteiger partial charge is 0.261 e. The molecule has 0 aliphatic heterocycles. The van der Waals surface area contributed by atoms with Crippen LogP contribution in [0.1, 0.15) is 64.5 Å². The van der Waals surface area contributed by atoms with Gasteiger partial charge in [0.2, 0.25) is 5.91 Å². The van der Waals surface area contributed by atoms with Gasteiger partial charge in [-0.15, -0.1) is 0 Å². The Morgan fingerprint density at radius 2 is 1.72 bits per heavy atom. The maximum atomic E-state index is 13.3. The largest absolute Gasteiger partial charge is 0.483 e. The topological polar surface area (TPSA) is 58.6 Å². The molecule has 32 heavy (non-hydrogen) atoms. The average Bonchev–Trinajstić information content (AvgIpc) is 2.78. The van der Waals surface area contributed by atoms with E-state index in [2.05, 4.69) is 35.1 Å². The zero-order valence-corrected chi connectivity index (χ0v) is 21.3. The molecule has 0 saturated carbocycles. The maximum absolute atomic E-state index is 13.3. The van der Waals surface area contributed by atoms with E-state index in [-0.39, 0.29) is 24.5 Å². The number of nitrogens with one attached hydrogen (secondary N) is 1. The molecule has 2 atom stereocenters. The second-order valence-electron chi connectivity index (χ2n) is 8.38. The van der Waals surface area contributed by atoms with Crippen LogP contribution in [0, 0.1) is 0 Å². The van der Waals surface area contributed by atoms with Crippen LogP contribution in [-0.2, 0) is 16.1 Å². The van der Waals surface area contributed by atoms with E-state index in [0.717, 1.165) is 16.5 Å². The van der Waals surface area contributed by atoms with Crippen molar-refractivity contribution >= 4 is 27.7 Å². The second kappa shape index (κ2) is 12.6. The minimum atomic E-state index is -0.563. The normalized spacial score (nSPS) is 12.8. The summed E-state index contributed by atoms with van der Waals surface area (Å²) in [5.41, 5.74) is 2.16. The lowest BCUT2D eigenvalue weighted by Gasteiger charge is -2.31. The van der Waals surface area contributed by atoms with Crippen molar-refractivity contribution in [3.05, 3.63) is 64.1 Å². The van der Waals surface area contributed by atoms with Gasteiger partial charge in [0.05, 0.1) is 4.47 Å². The molecular weight excluding hydrogens is 468 g/mol. The SMILES string of the molecule is CC[C@@H](C)NC(=O)[C@H](CC)N(Cc1ccccc1)C(=O)COc1ccc(C(C)C)cc1Br. The summed E-state index contributed by atoms with van der Waals surface area (Å²) in [6.45, 7) is 10.4. The first-order valence-corrected chi connectivity index (χ1v) is 12.1. The van der Waals surface area contributed by atoms with Gasteiger partial charge in [0.15, 0.2) is 6.61 Å². The molecule has 2 aromatic carbocycles. The predicted octanol–water partition coefficient (Wildman–Crippen LogP) is 5.67. The standard InChI is InChI=1S/C26H35BrN2O3/c1-6-19(5)28-26(31)23(7-2)29(16-20-11-9-8-10-12-20)25(30)17-32-24-14-13-21(18(3)4)15-22(24)27/h8-15,18-19,23H,6-7,16-17H2,1-5H3,(H,28,31)/t19-,23+/m1/s1. The summed E-state index contributed by atoms with van der Waals surface area (Å²) in [7, 11) is 0. The van der Waals surface area contributed by atoms with Gasteiger partial charge < -0.3 is 15.0 Å². The highest BCUT2D eigenvalue weighted by atomic mass is 79.9. The molecule has 0 heterocycles. The van der Waals surface area contributed by atoms with Gasteiger partial charge in [-0.2, -0.15) is 0 Å². The number of carbonyl (C=O) groups excluding carboxylic acids is 2. The number of halogens is 1. The lowest BCUT2D eigenvalue weighted by molar-refractivity contribution is -0.143. The van der Waals surface area contributed by atoms with E-state index in [9.17, 15) is 9.59 Å². The average molecular weight is 503 g/mol. The van der Waals surface area contributed by atoms with Crippen molar-refractivity contribution in [2.45, 2.75) is 72.0 Å². The van der Waals surface area contributed by atoms with Crippen LogP contribution >= 0.6 is 15.9 Å². The van der Waals surface area contributed by atoms with E-state index in [4.69, 9.17) is 4.74 Å². The predicted molar refractivity (Wildman–Crippen MR) is 133 cm³/mol. The lowest BCUT2D eigenvalue weighted by atomic mass is 10.0. The van der Waals surface area contributed by atoms with Crippen LogP contribution in [0.4, 0.5) is 0 Å². The van der Waals surface area contributed by atoms with Gasteiger partial charge >= 0.3 is 0 Å². The highest BCUT2D eigenvalue weighted by Crippen LogP contribution is 2.29. The van der Waals surface area contributed by atoms with E-state index in [1.165, 1.54) is 5.56 Å². The van der Waals surface area contributed by atoms with Crippen LogP contribution < -0.4 is 10.1 Å². The van der Waals surface area contributed by atoms with Gasteiger partial charge in [0.25, 0.3) is 5.91 Å². The molecule has 0 spiro atoms. The minimum Gasteiger partial charge on any atom is -0.483 e. The third kappa shape index (κ3) is 7.37. The molecule has 0 bridgehead atoms. The quantitative estimate of drug-likeness (QED) is 0.430. The zero-order valence-electron chi connectivity index (χ0n) is 19.7. The van der Waals surface area contributed by atoms with Gasteiger partial charge in [-0.3, -0.25) is 9.59 Å². The van der Waals surface area contributed by atoms with E-state index in [1.54, 1.807) is 4.90 Å². The third-order valence-corrected chi connectivity index (χ3v) is 6.18. The third-order valence-electron chi connectivity index (χ3n) is 5.56. The van der Waals surface area contributed by atoms with Crippen molar-refractivity contribution < 1.29 is 14.3 Å². The molecule has 0 aliphatic carbocycles. The molecule has 2 aromatic rings. The van der Waals surface area contributed by atoms with Crippen LogP contribution in [0.3, 0.4) is 0 Å².